The van der Waals surface area contributed by atoms with E-state index in [-0.39, 0.29) is 5.82 Å². The van der Waals surface area contributed by atoms with E-state index in [1.54, 1.807) is 12.3 Å². The van der Waals surface area contributed by atoms with E-state index in [1.165, 1.54) is 32.1 Å². The van der Waals surface area contributed by atoms with Gasteiger partial charge in [-0.15, -0.1) is 0 Å². The fourth-order valence-electron chi connectivity index (χ4n) is 2.37. The summed E-state index contributed by atoms with van der Waals surface area (Å²) in [5.74, 6) is 0.366. The molecule has 0 unspecified atom stereocenters. The van der Waals surface area contributed by atoms with Crippen molar-refractivity contribution in [3.63, 3.8) is 0 Å². The molecule has 1 N–H and O–H groups in total. The second-order valence-electron chi connectivity index (χ2n) is 4.69. The molecule has 0 amide bonds. The molecule has 0 aliphatic carbocycles. The van der Waals surface area contributed by atoms with E-state index in [2.05, 4.69) is 22.1 Å². The van der Waals surface area contributed by atoms with E-state index in [4.69, 9.17) is 0 Å². The summed E-state index contributed by atoms with van der Waals surface area (Å²) in [6, 6.07) is 1.69. The minimum Gasteiger partial charge on any atom is -0.382 e. The Morgan fingerprint density at radius 1 is 1.59 bits per heavy atom. The van der Waals surface area contributed by atoms with Gasteiger partial charge in [0.15, 0.2) is 5.82 Å². The van der Waals surface area contributed by atoms with E-state index < -0.39 is 0 Å². The van der Waals surface area contributed by atoms with Gasteiger partial charge in [0.2, 0.25) is 0 Å². The van der Waals surface area contributed by atoms with Crippen LogP contribution in [0.15, 0.2) is 18.5 Å². The minimum atomic E-state index is -0.268. The topological polar surface area (TPSA) is 28.2 Å². The lowest BCUT2D eigenvalue weighted by Gasteiger charge is -2.15. The molecule has 1 fully saturated rings. The van der Waals surface area contributed by atoms with Crippen LogP contribution in [0.1, 0.15) is 19.8 Å². The first-order valence-corrected chi connectivity index (χ1v) is 6.35. The molecule has 0 bridgehead atoms. The maximum absolute atomic E-state index is 13.3. The number of rotatable bonds is 5. The van der Waals surface area contributed by atoms with E-state index in [0.717, 1.165) is 13.1 Å². The van der Waals surface area contributed by atoms with E-state index >= 15 is 0 Å². The Kier molecular flexibility index (Phi) is 4.31. The van der Waals surface area contributed by atoms with Crippen LogP contribution in [0.5, 0.6) is 0 Å². The lowest BCUT2D eigenvalue weighted by molar-refractivity contribution is 0.327. The van der Waals surface area contributed by atoms with Crippen molar-refractivity contribution in [3.8, 4) is 0 Å². The second-order valence-corrected chi connectivity index (χ2v) is 4.69. The first kappa shape index (κ1) is 12.3. The van der Waals surface area contributed by atoms with Crippen molar-refractivity contribution in [2.24, 2.45) is 5.92 Å². The highest BCUT2D eigenvalue weighted by Crippen LogP contribution is 2.18. The number of anilines is 1. The minimum absolute atomic E-state index is 0.268. The van der Waals surface area contributed by atoms with Crippen LogP contribution >= 0.6 is 0 Å². The van der Waals surface area contributed by atoms with Gasteiger partial charge in [-0.25, -0.2) is 4.39 Å². The fraction of sp³-hybridized carbons (Fsp3) is 0.615. The summed E-state index contributed by atoms with van der Waals surface area (Å²) >= 11 is 0. The molecular weight excluding hydrogens is 217 g/mol. The normalized spacial score (nSPS) is 20.7. The zero-order valence-corrected chi connectivity index (χ0v) is 10.3. The summed E-state index contributed by atoms with van der Waals surface area (Å²) in [6.45, 7) is 6.55. The standard InChI is InChI=1S/C13H20FN3/c1-2-6-17-7-4-11(10-17)8-16-13-3-5-15-9-12(13)14/h3,5,9,11H,2,4,6-8,10H2,1H3,(H,15,16)/t11-/m1/s1. The van der Waals surface area contributed by atoms with Crippen LogP contribution < -0.4 is 5.32 Å². The van der Waals surface area contributed by atoms with Crippen LogP contribution in [0.4, 0.5) is 10.1 Å². The number of aromatic nitrogens is 1. The quantitative estimate of drug-likeness (QED) is 0.852. The number of hydrogen-bond acceptors (Lipinski definition) is 3. The number of likely N-dealkylation sites (tertiary alicyclic amines) is 1. The number of halogens is 1. The third-order valence-corrected chi connectivity index (χ3v) is 3.26. The van der Waals surface area contributed by atoms with Crippen LogP contribution in [0.2, 0.25) is 0 Å². The lowest BCUT2D eigenvalue weighted by Crippen LogP contribution is -2.23. The van der Waals surface area contributed by atoms with Gasteiger partial charge in [-0.3, -0.25) is 4.98 Å². The van der Waals surface area contributed by atoms with E-state index in [1.807, 2.05) is 0 Å². The van der Waals surface area contributed by atoms with Gasteiger partial charge in [-0.1, -0.05) is 6.92 Å². The van der Waals surface area contributed by atoms with Crippen molar-refractivity contribution in [3.05, 3.63) is 24.3 Å². The van der Waals surface area contributed by atoms with Gasteiger partial charge in [0, 0.05) is 19.3 Å². The molecule has 2 rings (SSSR count). The van der Waals surface area contributed by atoms with Gasteiger partial charge in [0.05, 0.1) is 11.9 Å². The van der Waals surface area contributed by atoms with Crippen molar-refractivity contribution >= 4 is 5.69 Å². The zero-order valence-electron chi connectivity index (χ0n) is 10.3. The van der Waals surface area contributed by atoms with Gasteiger partial charge in [-0.2, -0.15) is 0 Å². The molecule has 17 heavy (non-hydrogen) atoms. The average Bonchev–Trinajstić information content (AvgIpc) is 2.76. The third-order valence-electron chi connectivity index (χ3n) is 3.26. The molecule has 1 aliphatic rings. The van der Waals surface area contributed by atoms with Crippen molar-refractivity contribution in [1.82, 2.24) is 9.88 Å². The fourth-order valence-corrected chi connectivity index (χ4v) is 2.37. The Labute approximate surface area is 102 Å². The Bertz CT molecular complexity index is 356. The molecule has 94 valence electrons. The summed E-state index contributed by atoms with van der Waals surface area (Å²) in [5, 5.41) is 3.18. The van der Waals surface area contributed by atoms with Crippen molar-refractivity contribution in [2.45, 2.75) is 19.8 Å². The van der Waals surface area contributed by atoms with Crippen molar-refractivity contribution in [2.75, 3.05) is 31.5 Å². The van der Waals surface area contributed by atoms with E-state index in [0.29, 0.717) is 11.6 Å². The summed E-state index contributed by atoms with van der Waals surface area (Å²) < 4.78 is 13.3. The first-order chi connectivity index (χ1) is 8.29. The molecule has 1 aliphatic heterocycles. The molecule has 0 spiro atoms. The molecular formula is C13H20FN3. The van der Waals surface area contributed by atoms with E-state index in [9.17, 15) is 4.39 Å². The molecule has 1 atom stereocenters. The molecule has 2 heterocycles. The predicted molar refractivity (Wildman–Crippen MR) is 67.5 cm³/mol. The maximum atomic E-state index is 13.3. The van der Waals surface area contributed by atoms with Crippen LogP contribution in [0, 0.1) is 11.7 Å². The number of nitrogens with zero attached hydrogens (tertiary/aromatic N) is 2. The molecule has 1 aromatic rings. The van der Waals surface area contributed by atoms with Gasteiger partial charge in [0.25, 0.3) is 0 Å². The first-order valence-electron chi connectivity index (χ1n) is 6.35. The summed E-state index contributed by atoms with van der Waals surface area (Å²) in [5.41, 5.74) is 0.564. The second kappa shape index (κ2) is 5.96. The van der Waals surface area contributed by atoms with Gasteiger partial charge in [-0.05, 0) is 37.9 Å². The van der Waals surface area contributed by atoms with Crippen LogP contribution in [0.3, 0.4) is 0 Å². The number of pyridine rings is 1. The summed E-state index contributed by atoms with van der Waals surface area (Å²) in [6.07, 6.45) is 5.28. The molecule has 1 aromatic heterocycles. The lowest BCUT2D eigenvalue weighted by atomic mass is 10.1. The summed E-state index contributed by atoms with van der Waals surface area (Å²) in [4.78, 5) is 6.22. The van der Waals surface area contributed by atoms with Crippen LogP contribution in [0.25, 0.3) is 0 Å². The molecule has 4 heteroatoms. The molecule has 0 saturated carbocycles. The molecule has 0 aromatic carbocycles. The average molecular weight is 237 g/mol. The van der Waals surface area contributed by atoms with Crippen molar-refractivity contribution in [1.29, 1.82) is 0 Å². The SMILES string of the molecule is CCCN1CC[C@H](CNc2ccncc2F)C1. The molecule has 1 saturated heterocycles. The summed E-state index contributed by atoms with van der Waals surface area (Å²) in [7, 11) is 0. The third kappa shape index (κ3) is 3.40. The Hall–Kier alpha value is -1.16. The highest BCUT2D eigenvalue weighted by molar-refractivity contribution is 5.42. The number of hydrogen-bond donors (Lipinski definition) is 1. The van der Waals surface area contributed by atoms with Gasteiger partial charge < -0.3 is 10.2 Å². The largest absolute Gasteiger partial charge is 0.382 e. The maximum Gasteiger partial charge on any atom is 0.164 e. The predicted octanol–water partition coefficient (Wildman–Crippen LogP) is 2.36. The van der Waals surface area contributed by atoms with Crippen molar-refractivity contribution < 1.29 is 4.39 Å². The Morgan fingerprint density at radius 2 is 2.47 bits per heavy atom. The number of nitrogens with one attached hydrogen (secondary N) is 1. The van der Waals surface area contributed by atoms with Gasteiger partial charge >= 0.3 is 0 Å². The van der Waals surface area contributed by atoms with Gasteiger partial charge in [0.1, 0.15) is 0 Å². The molecule has 3 nitrogen and oxygen atoms in total. The Morgan fingerprint density at radius 3 is 3.24 bits per heavy atom. The highest BCUT2D eigenvalue weighted by Gasteiger charge is 2.21. The van der Waals surface area contributed by atoms with Crippen LogP contribution in [-0.2, 0) is 0 Å². The molecule has 0 radical (unpaired) electrons. The highest BCUT2D eigenvalue weighted by atomic mass is 19.1. The monoisotopic (exact) mass is 237 g/mol. The smallest absolute Gasteiger partial charge is 0.164 e. The zero-order chi connectivity index (χ0) is 12.1. The van der Waals surface area contributed by atoms with Crippen LogP contribution in [-0.4, -0.2) is 36.1 Å². The Balaban J connectivity index is 1.78.